The summed E-state index contributed by atoms with van der Waals surface area (Å²) in [5.41, 5.74) is 9.94. The van der Waals surface area contributed by atoms with Crippen LogP contribution in [0.15, 0.2) is 42.5 Å². The van der Waals surface area contributed by atoms with Crippen LogP contribution in [0.2, 0.25) is 0 Å². The van der Waals surface area contributed by atoms with Gasteiger partial charge in [0, 0.05) is 6.54 Å². The van der Waals surface area contributed by atoms with Crippen molar-refractivity contribution in [3.05, 3.63) is 53.9 Å². The molecule has 0 saturated carbocycles. The number of imidazole rings is 1. The molecule has 0 aliphatic carbocycles. The molecule has 3 aromatic rings. The molecule has 0 fully saturated rings. The Morgan fingerprint density at radius 3 is 2.55 bits per heavy atom. The minimum absolute atomic E-state index is 0.438. The van der Waals surface area contributed by atoms with E-state index in [0.29, 0.717) is 12.3 Å². The molecule has 114 valence electrons. The van der Waals surface area contributed by atoms with Gasteiger partial charge >= 0.3 is 0 Å². The maximum Gasteiger partial charge on any atom is 0.148 e. The Hall–Kier alpha value is -2.49. The average molecular weight is 295 g/mol. The van der Waals surface area contributed by atoms with Gasteiger partial charge in [-0.15, -0.1) is 0 Å². The summed E-state index contributed by atoms with van der Waals surface area (Å²) in [6.45, 7) is 5.52. The van der Waals surface area contributed by atoms with Crippen molar-refractivity contribution < 1.29 is 4.74 Å². The van der Waals surface area contributed by atoms with E-state index in [9.17, 15) is 0 Å². The SMILES string of the molecule is CCc1ccc(OCc2nc3c(N)cccc3n2CC)cc1. The Kier molecular flexibility index (Phi) is 4.00. The zero-order chi connectivity index (χ0) is 15.5. The lowest BCUT2D eigenvalue weighted by molar-refractivity contribution is 0.290. The first kappa shape index (κ1) is 14.4. The van der Waals surface area contributed by atoms with Crippen LogP contribution < -0.4 is 10.5 Å². The van der Waals surface area contributed by atoms with Crippen molar-refractivity contribution >= 4 is 16.7 Å². The molecule has 0 amide bonds. The topological polar surface area (TPSA) is 53.1 Å². The predicted octanol–water partition coefficient (Wildman–Crippen LogP) is 3.78. The van der Waals surface area contributed by atoms with Gasteiger partial charge in [-0.2, -0.15) is 0 Å². The highest BCUT2D eigenvalue weighted by atomic mass is 16.5. The number of aryl methyl sites for hydroxylation is 2. The van der Waals surface area contributed by atoms with Crippen LogP contribution >= 0.6 is 0 Å². The van der Waals surface area contributed by atoms with E-state index in [1.807, 2.05) is 30.3 Å². The summed E-state index contributed by atoms with van der Waals surface area (Å²) in [6, 6.07) is 14.1. The molecule has 1 heterocycles. The molecule has 0 unspecified atom stereocenters. The zero-order valence-electron chi connectivity index (χ0n) is 13.0. The van der Waals surface area contributed by atoms with E-state index in [1.54, 1.807) is 0 Å². The molecule has 22 heavy (non-hydrogen) atoms. The summed E-state index contributed by atoms with van der Waals surface area (Å²) in [4.78, 5) is 4.64. The summed E-state index contributed by atoms with van der Waals surface area (Å²) in [5.74, 6) is 1.76. The van der Waals surface area contributed by atoms with Gasteiger partial charge in [0.15, 0.2) is 0 Å². The number of aromatic nitrogens is 2. The first-order valence-electron chi connectivity index (χ1n) is 7.68. The summed E-state index contributed by atoms with van der Waals surface area (Å²) in [7, 11) is 0. The molecule has 0 saturated heterocycles. The standard InChI is InChI=1S/C18H21N3O/c1-3-13-8-10-14(11-9-13)22-12-17-20-18-15(19)6-5-7-16(18)21(17)4-2/h5-11H,3-4,12,19H2,1-2H3. The summed E-state index contributed by atoms with van der Waals surface area (Å²) >= 11 is 0. The third kappa shape index (κ3) is 2.64. The van der Waals surface area contributed by atoms with E-state index >= 15 is 0 Å². The van der Waals surface area contributed by atoms with Crippen molar-refractivity contribution in [1.29, 1.82) is 0 Å². The van der Waals surface area contributed by atoms with Crippen LogP contribution in [-0.2, 0) is 19.6 Å². The molecule has 0 aliphatic rings. The van der Waals surface area contributed by atoms with Gasteiger partial charge in [0.05, 0.1) is 11.2 Å². The van der Waals surface area contributed by atoms with Crippen LogP contribution in [0.3, 0.4) is 0 Å². The van der Waals surface area contributed by atoms with Crippen molar-refractivity contribution in [3.63, 3.8) is 0 Å². The highest BCUT2D eigenvalue weighted by Crippen LogP contribution is 2.23. The van der Waals surface area contributed by atoms with Crippen molar-refractivity contribution in [3.8, 4) is 5.75 Å². The number of nitrogens with zero attached hydrogens (tertiary/aromatic N) is 2. The largest absolute Gasteiger partial charge is 0.486 e. The second kappa shape index (κ2) is 6.10. The lowest BCUT2D eigenvalue weighted by Gasteiger charge is -2.08. The lowest BCUT2D eigenvalue weighted by atomic mass is 10.2. The zero-order valence-corrected chi connectivity index (χ0v) is 13.0. The second-order valence-corrected chi connectivity index (χ2v) is 5.27. The Morgan fingerprint density at radius 1 is 1.09 bits per heavy atom. The van der Waals surface area contributed by atoms with E-state index < -0.39 is 0 Å². The van der Waals surface area contributed by atoms with Crippen LogP contribution in [0.25, 0.3) is 11.0 Å². The number of nitrogen functional groups attached to an aromatic ring is 1. The Labute approximate surface area is 130 Å². The van der Waals surface area contributed by atoms with Crippen LogP contribution in [0.4, 0.5) is 5.69 Å². The van der Waals surface area contributed by atoms with E-state index in [1.165, 1.54) is 5.56 Å². The van der Waals surface area contributed by atoms with E-state index in [2.05, 4.69) is 35.5 Å². The van der Waals surface area contributed by atoms with Crippen LogP contribution in [0, 0.1) is 0 Å². The normalized spacial score (nSPS) is 11.0. The number of nitrogens with two attached hydrogens (primary N) is 1. The molecule has 3 rings (SSSR count). The molecule has 0 spiro atoms. The number of hydrogen-bond acceptors (Lipinski definition) is 3. The highest BCUT2D eigenvalue weighted by Gasteiger charge is 2.11. The second-order valence-electron chi connectivity index (χ2n) is 5.27. The molecule has 4 nitrogen and oxygen atoms in total. The molecule has 2 aromatic carbocycles. The van der Waals surface area contributed by atoms with Gasteiger partial charge in [0.2, 0.25) is 0 Å². The highest BCUT2D eigenvalue weighted by molar-refractivity contribution is 5.87. The first-order chi connectivity index (χ1) is 10.7. The van der Waals surface area contributed by atoms with E-state index in [0.717, 1.165) is 35.6 Å². The molecule has 4 heteroatoms. The van der Waals surface area contributed by atoms with Gasteiger partial charge in [-0.1, -0.05) is 25.1 Å². The van der Waals surface area contributed by atoms with Gasteiger partial charge in [-0.05, 0) is 43.2 Å². The average Bonchev–Trinajstić information content (AvgIpc) is 2.92. The van der Waals surface area contributed by atoms with Crippen molar-refractivity contribution in [2.75, 3.05) is 5.73 Å². The molecule has 0 aliphatic heterocycles. The fourth-order valence-corrected chi connectivity index (χ4v) is 2.65. The summed E-state index contributed by atoms with van der Waals surface area (Å²) in [6.07, 6.45) is 1.03. The van der Waals surface area contributed by atoms with Crippen molar-refractivity contribution in [2.45, 2.75) is 33.4 Å². The number of rotatable bonds is 5. The number of anilines is 1. The quantitative estimate of drug-likeness (QED) is 0.729. The lowest BCUT2D eigenvalue weighted by Crippen LogP contribution is -2.05. The molecular weight excluding hydrogens is 274 g/mol. The number of hydrogen-bond donors (Lipinski definition) is 1. The Bertz CT molecular complexity index is 775. The maximum absolute atomic E-state index is 6.02. The Morgan fingerprint density at radius 2 is 1.86 bits per heavy atom. The third-order valence-corrected chi connectivity index (χ3v) is 3.90. The van der Waals surface area contributed by atoms with Crippen LogP contribution in [0.1, 0.15) is 25.2 Å². The van der Waals surface area contributed by atoms with Gasteiger partial charge in [-0.25, -0.2) is 4.98 Å². The van der Waals surface area contributed by atoms with E-state index in [-0.39, 0.29) is 0 Å². The summed E-state index contributed by atoms with van der Waals surface area (Å²) < 4.78 is 8.02. The number of fused-ring (bicyclic) bond motifs is 1. The van der Waals surface area contributed by atoms with Gasteiger partial charge in [-0.3, -0.25) is 0 Å². The fraction of sp³-hybridized carbons (Fsp3) is 0.278. The van der Waals surface area contributed by atoms with Gasteiger partial charge < -0.3 is 15.0 Å². The van der Waals surface area contributed by atoms with E-state index in [4.69, 9.17) is 10.5 Å². The minimum Gasteiger partial charge on any atom is -0.486 e. The van der Waals surface area contributed by atoms with Crippen LogP contribution in [-0.4, -0.2) is 9.55 Å². The molecule has 2 N–H and O–H groups in total. The van der Waals surface area contributed by atoms with Gasteiger partial charge in [0.1, 0.15) is 23.7 Å². The minimum atomic E-state index is 0.438. The number of benzene rings is 2. The van der Waals surface area contributed by atoms with Crippen molar-refractivity contribution in [1.82, 2.24) is 9.55 Å². The molecule has 0 radical (unpaired) electrons. The molecule has 0 bridgehead atoms. The van der Waals surface area contributed by atoms with Gasteiger partial charge in [0.25, 0.3) is 0 Å². The fourth-order valence-electron chi connectivity index (χ4n) is 2.65. The monoisotopic (exact) mass is 295 g/mol. The molecule has 0 atom stereocenters. The maximum atomic E-state index is 6.02. The number of ether oxygens (including phenoxy) is 1. The first-order valence-corrected chi connectivity index (χ1v) is 7.68. The smallest absolute Gasteiger partial charge is 0.148 e. The summed E-state index contributed by atoms with van der Waals surface area (Å²) in [5, 5.41) is 0. The number of para-hydroxylation sites is 1. The predicted molar refractivity (Wildman–Crippen MR) is 90.0 cm³/mol. The molecule has 1 aromatic heterocycles. The Balaban J connectivity index is 1.85. The van der Waals surface area contributed by atoms with Crippen molar-refractivity contribution in [2.24, 2.45) is 0 Å². The molecular formula is C18H21N3O. The van der Waals surface area contributed by atoms with Crippen LogP contribution in [0.5, 0.6) is 5.75 Å². The third-order valence-electron chi connectivity index (χ3n) is 3.90.